The Kier molecular flexibility index (Phi) is 4.61. The molecule has 1 aromatic heterocycles. The number of carbonyl (C=O) groups excluding carboxylic acids is 1. The van der Waals surface area contributed by atoms with E-state index in [1.54, 1.807) is 23.5 Å². The summed E-state index contributed by atoms with van der Waals surface area (Å²) in [6, 6.07) is 5.74. The van der Waals surface area contributed by atoms with Gasteiger partial charge in [-0.05, 0) is 50.3 Å². The summed E-state index contributed by atoms with van der Waals surface area (Å²) in [7, 11) is 0. The predicted octanol–water partition coefficient (Wildman–Crippen LogP) is 4.10. The molecule has 1 aliphatic carbocycles. The van der Waals surface area contributed by atoms with Gasteiger partial charge in [0, 0.05) is 11.1 Å². The molecular formula is C17H20FN3OS. The molecule has 1 saturated carbocycles. The number of urea groups is 1. The van der Waals surface area contributed by atoms with E-state index in [1.165, 1.54) is 12.1 Å². The summed E-state index contributed by atoms with van der Waals surface area (Å²) in [5.74, 6) is 0.200. The second-order valence-electron chi connectivity index (χ2n) is 6.03. The lowest BCUT2D eigenvalue weighted by Gasteiger charge is -2.19. The maximum Gasteiger partial charge on any atom is 0.315 e. The topological polar surface area (TPSA) is 54.0 Å². The van der Waals surface area contributed by atoms with E-state index >= 15 is 0 Å². The number of carbonyl (C=O) groups is 1. The molecule has 2 amide bonds. The summed E-state index contributed by atoms with van der Waals surface area (Å²) in [6.45, 7) is 3.84. The Morgan fingerprint density at radius 2 is 2.00 bits per heavy atom. The van der Waals surface area contributed by atoms with Gasteiger partial charge < -0.3 is 10.6 Å². The van der Waals surface area contributed by atoms with Crippen LogP contribution in [0.15, 0.2) is 29.6 Å². The van der Waals surface area contributed by atoms with Crippen LogP contribution < -0.4 is 10.6 Å². The fourth-order valence-corrected chi connectivity index (χ4v) is 3.48. The average Bonchev–Trinajstić information content (AvgIpc) is 3.27. The van der Waals surface area contributed by atoms with Gasteiger partial charge in [-0.15, -0.1) is 11.3 Å². The fourth-order valence-electron chi connectivity index (χ4n) is 2.54. The van der Waals surface area contributed by atoms with Crippen LogP contribution in [0.1, 0.15) is 48.1 Å². The number of aryl methyl sites for hydroxylation is 1. The number of thiazole rings is 1. The summed E-state index contributed by atoms with van der Waals surface area (Å²) in [5, 5.41) is 8.93. The fraction of sp³-hybridized carbons (Fsp3) is 0.412. The largest absolute Gasteiger partial charge is 0.332 e. The van der Waals surface area contributed by atoms with Gasteiger partial charge in [-0.2, -0.15) is 0 Å². The van der Waals surface area contributed by atoms with E-state index in [0.29, 0.717) is 5.92 Å². The average molecular weight is 333 g/mol. The quantitative estimate of drug-likeness (QED) is 0.865. The van der Waals surface area contributed by atoms with Gasteiger partial charge in [-0.3, -0.25) is 0 Å². The third-order valence-electron chi connectivity index (χ3n) is 4.00. The lowest BCUT2D eigenvalue weighted by Crippen LogP contribution is -2.39. The number of amides is 2. The summed E-state index contributed by atoms with van der Waals surface area (Å²) >= 11 is 1.59. The van der Waals surface area contributed by atoms with Crippen molar-refractivity contribution in [1.82, 2.24) is 15.6 Å². The second-order valence-corrected chi connectivity index (χ2v) is 6.92. The van der Waals surface area contributed by atoms with Crippen LogP contribution in [0.2, 0.25) is 0 Å². The van der Waals surface area contributed by atoms with E-state index in [1.807, 2.05) is 19.2 Å². The molecule has 2 atom stereocenters. The van der Waals surface area contributed by atoms with Crippen LogP contribution in [0.25, 0.3) is 0 Å². The Morgan fingerprint density at radius 1 is 1.30 bits per heavy atom. The molecule has 23 heavy (non-hydrogen) atoms. The molecule has 122 valence electrons. The smallest absolute Gasteiger partial charge is 0.315 e. The number of hydrogen-bond acceptors (Lipinski definition) is 3. The zero-order valence-corrected chi connectivity index (χ0v) is 14.0. The molecule has 3 rings (SSSR count). The Hall–Kier alpha value is -1.95. The molecule has 0 bridgehead atoms. The number of nitrogens with one attached hydrogen (secondary N) is 2. The molecule has 0 spiro atoms. The van der Waals surface area contributed by atoms with E-state index in [2.05, 4.69) is 15.6 Å². The first-order valence-electron chi connectivity index (χ1n) is 7.77. The highest BCUT2D eigenvalue weighted by Gasteiger charge is 2.35. The van der Waals surface area contributed by atoms with Gasteiger partial charge in [0.2, 0.25) is 0 Å². The third kappa shape index (κ3) is 4.07. The molecule has 1 aromatic carbocycles. The number of halogens is 1. The standard InChI is InChI=1S/C17H20FN3OS/c1-10-9-23-16(19-10)15(13-3-4-13)21-17(22)20-11(2)12-5-7-14(18)8-6-12/h5-9,11,13,15H,3-4H2,1-2H3,(H2,20,21,22)/t11-,15+/m0/s1. The zero-order valence-electron chi connectivity index (χ0n) is 13.2. The van der Waals surface area contributed by atoms with Crippen molar-refractivity contribution >= 4 is 17.4 Å². The minimum Gasteiger partial charge on any atom is -0.332 e. The maximum atomic E-state index is 13.0. The number of nitrogens with zero attached hydrogens (tertiary/aromatic N) is 1. The van der Waals surface area contributed by atoms with Crippen LogP contribution in [0.5, 0.6) is 0 Å². The second kappa shape index (κ2) is 6.66. The zero-order chi connectivity index (χ0) is 16.4. The van der Waals surface area contributed by atoms with Gasteiger partial charge in [-0.25, -0.2) is 14.2 Å². The molecule has 0 aliphatic heterocycles. The molecule has 0 saturated heterocycles. The first-order valence-corrected chi connectivity index (χ1v) is 8.65. The Labute approximate surface area is 139 Å². The highest BCUT2D eigenvalue weighted by molar-refractivity contribution is 7.09. The molecule has 2 aromatic rings. The van der Waals surface area contributed by atoms with Gasteiger partial charge in [0.15, 0.2) is 0 Å². The Bertz CT molecular complexity index is 681. The molecule has 0 radical (unpaired) electrons. The summed E-state index contributed by atoms with van der Waals surface area (Å²) in [5.41, 5.74) is 1.85. The van der Waals surface area contributed by atoms with Crippen LogP contribution in [-0.2, 0) is 0 Å². The van der Waals surface area contributed by atoms with Gasteiger partial charge in [0.1, 0.15) is 10.8 Å². The number of rotatable bonds is 5. The maximum absolute atomic E-state index is 13.0. The van der Waals surface area contributed by atoms with Crippen LogP contribution in [0.4, 0.5) is 9.18 Å². The van der Waals surface area contributed by atoms with E-state index in [0.717, 1.165) is 29.1 Å². The Balaban J connectivity index is 1.62. The highest BCUT2D eigenvalue weighted by Crippen LogP contribution is 2.41. The SMILES string of the molecule is Cc1csc([C@H](NC(=O)N[C@@H](C)c2ccc(F)cc2)C2CC2)n1. The molecule has 2 N–H and O–H groups in total. The van der Waals surface area contributed by atoms with Gasteiger partial charge >= 0.3 is 6.03 Å². The van der Waals surface area contributed by atoms with Crippen molar-refractivity contribution in [2.24, 2.45) is 5.92 Å². The molecule has 0 unspecified atom stereocenters. The Morgan fingerprint density at radius 3 is 2.57 bits per heavy atom. The molecule has 1 fully saturated rings. The summed E-state index contributed by atoms with van der Waals surface area (Å²) in [4.78, 5) is 16.8. The van der Waals surface area contributed by atoms with Crippen molar-refractivity contribution in [2.45, 2.75) is 38.8 Å². The highest BCUT2D eigenvalue weighted by atomic mass is 32.1. The van der Waals surface area contributed by atoms with Crippen molar-refractivity contribution in [3.63, 3.8) is 0 Å². The van der Waals surface area contributed by atoms with E-state index in [9.17, 15) is 9.18 Å². The van der Waals surface area contributed by atoms with Crippen molar-refractivity contribution in [1.29, 1.82) is 0 Å². The van der Waals surface area contributed by atoms with Crippen LogP contribution in [0, 0.1) is 18.7 Å². The predicted molar refractivity (Wildman–Crippen MR) is 88.8 cm³/mol. The first-order chi connectivity index (χ1) is 11.0. The minimum absolute atomic E-state index is 0.0193. The van der Waals surface area contributed by atoms with E-state index < -0.39 is 0 Å². The molecule has 1 aliphatic rings. The van der Waals surface area contributed by atoms with Gasteiger partial charge in [0.25, 0.3) is 0 Å². The van der Waals surface area contributed by atoms with Crippen LogP contribution in [0.3, 0.4) is 0 Å². The number of hydrogen-bond donors (Lipinski definition) is 2. The number of aromatic nitrogens is 1. The van der Waals surface area contributed by atoms with Crippen LogP contribution >= 0.6 is 11.3 Å². The molecular weight excluding hydrogens is 313 g/mol. The van der Waals surface area contributed by atoms with Crippen molar-refractivity contribution in [2.75, 3.05) is 0 Å². The summed E-state index contributed by atoms with van der Waals surface area (Å²) < 4.78 is 13.0. The van der Waals surface area contributed by atoms with Gasteiger partial charge in [0.05, 0.1) is 12.1 Å². The van der Waals surface area contributed by atoms with Gasteiger partial charge in [-0.1, -0.05) is 12.1 Å². The van der Waals surface area contributed by atoms with Crippen molar-refractivity contribution in [3.8, 4) is 0 Å². The lowest BCUT2D eigenvalue weighted by molar-refractivity contribution is 0.232. The van der Waals surface area contributed by atoms with E-state index in [4.69, 9.17) is 0 Å². The van der Waals surface area contributed by atoms with Crippen molar-refractivity contribution < 1.29 is 9.18 Å². The molecule has 6 heteroatoms. The summed E-state index contributed by atoms with van der Waals surface area (Å²) in [6.07, 6.45) is 2.24. The first kappa shape index (κ1) is 15.9. The number of benzene rings is 1. The third-order valence-corrected chi connectivity index (χ3v) is 5.05. The van der Waals surface area contributed by atoms with Crippen molar-refractivity contribution in [3.05, 3.63) is 51.7 Å². The van der Waals surface area contributed by atoms with E-state index in [-0.39, 0.29) is 23.9 Å². The molecule has 4 nitrogen and oxygen atoms in total. The monoisotopic (exact) mass is 333 g/mol. The normalized spacial score (nSPS) is 16.7. The minimum atomic E-state index is -0.279. The molecule has 1 heterocycles. The lowest BCUT2D eigenvalue weighted by atomic mass is 10.1. The van der Waals surface area contributed by atoms with Crippen LogP contribution in [-0.4, -0.2) is 11.0 Å².